The standard InChI is InChI=1S/C12H15BrClN3O/c13-6-4-8(14)12(16-5-6)17-10-9(15)7-2-1-3-18-11(7)10/h4-5,7,9-11H,1-3,15H2,(H,16,17). The van der Waals surface area contributed by atoms with Gasteiger partial charge in [0.25, 0.3) is 0 Å². The van der Waals surface area contributed by atoms with Crippen LogP contribution < -0.4 is 11.1 Å². The van der Waals surface area contributed by atoms with Crippen LogP contribution in [0.4, 0.5) is 5.82 Å². The van der Waals surface area contributed by atoms with Gasteiger partial charge in [-0.05, 0) is 34.8 Å². The predicted octanol–water partition coefficient (Wildman–Crippen LogP) is 2.41. The summed E-state index contributed by atoms with van der Waals surface area (Å²) in [6, 6.07) is 2.05. The number of hydrogen-bond donors (Lipinski definition) is 2. The quantitative estimate of drug-likeness (QED) is 0.873. The molecule has 2 fully saturated rings. The molecule has 1 aliphatic carbocycles. The van der Waals surface area contributed by atoms with Gasteiger partial charge in [0.05, 0.1) is 17.2 Å². The predicted molar refractivity (Wildman–Crippen MR) is 74.8 cm³/mol. The zero-order chi connectivity index (χ0) is 12.7. The number of anilines is 1. The van der Waals surface area contributed by atoms with Crippen molar-refractivity contribution in [3.8, 4) is 0 Å². The molecule has 1 aromatic rings. The molecule has 4 atom stereocenters. The van der Waals surface area contributed by atoms with Gasteiger partial charge in [-0.1, -0.05) is 11.6 Å². The topological polar surface area (TPSA) is 60.2 Å². The van der Waals surface area contributed by atoms with Crippen LogP contribution >= 0.6 is 27.5 Å². The summed E-state index contributed by atoms with van der Waals surface area (Å²) >= 11 is 9.48. The summed E-state index contributed by atoms with van der Waals surface area (Å²) in [5, 5.41) is 3.90. The highest BCUT2D eigenvalue weighted by atomic mass is 79.9. The van der Waals surface area contributed by atoms with Gasteiger partial charge in [-0.25, -0.2) is 4.98 Å². The first-order valence-electron chi connectivity index (χ1n) is 6.11. The van der Waals surface area contributed by atoms with E-state index in [9.17, 15) is 0 Å². The van der Waals surface area contributed by atoms with E-state index < -0.39 is 0 Å². The van der Waals surface area contributed by atoms with Gasteiger partial charge in [0, 0.05) is 29.2 Å². The van der Waals surface area contributed by atoms with Crippen molar-refractivity contribution in [1.29, 1.82) is 0 Å². The maximum Gasteiger partial charge on any atom is 0.145 e. The highest BCUT2D eigenvalue weighted by Gasteiger charge is 2.50. The highest BCUT2D eigenvalue weighted by Crippen LogP contribution is 2.39. The van der Waals surface area contributed by atoms with Crippen molar-refractivity contribution >= 4 is 33.3 Å². The van der Waals surface area contributed by atoms with E-state index in [1.807, 2.05) is 6.07 Å². The van der Waals surface area contributed by atoms with E-state index in [-0.39, 0.29) is 18.2 Å². The summed E-state index contributed by atoms with van der Waals surface area (Å²) in [4.78, 5) is 4.27. The third-order valence-electron chi connectivity index (χ3n) is 3.79. The van der Waals surface area contributed by atoms with Gasteiger partial charge in [-0.2, -0.15) is 0 Å². The molecule has 0 bridgehead atoms. The number of nitrogens with zero attached hydrogens (tertiary/aromatic N) is 1. The minimum absolute atomic E-state index is 0.112. The van der Waals surface area contributed by atoms with E-state index in [0.29, 0.717) is 16.8 Å². The summed E-state index contributed by atoms with van der Waals surface area (Å²) in [7, 11) is 0. The third-order valence-corrected chi connectivity index (χ3v) is 4.51. The third kappa shape index (κ3) is 2.13. The van der Waals surface area contributed by atoms with Crippen LogP contribution in [0.25, 0.3) is 0 Å². The molecule has 3 rings (SSSR count). The summed E-state index contributed by atoms with van der Waals surface area (Å²) in [5.74, 6) is 1.15. The molecule has 1 saturated carbocycles. The first-order chi connectivity index (χ1) is 8.66. The minimum Gasteiger partial charge on any atom is -0.376 e. The Morgan fingerprint density at radius 3 is 3.17 bits per heavy atom. The Kier molecular flexibility index (Phi) is 3.49. The second-order valence-corrected chi connectivity index (χ2v) is 6.20. The first kappa shape index (κ1) is 12.7. The molecule has 4 unspecified atom stereocenters. The number of fused-ring (bicyclic) bond motifs is 1. The minimum atomic E-state index is 0.112. The Morgan fingerprint density at radius 2 is 2.39 bits per heavy atom. The van der Waals surface area contributed by atoms with Crippen molar-refractivity contribution in [1.82, 2.24) is 4.98 Å². The molecule has 1 aromatic heterocycles. The molecule has 4 nitrogen and oxygen atoms in total. The highest BCUT2D eigenvalue weighted by molar-refractivity contribution is 9.10. The van der Waals surface area contributed by atoms with E-state index in [1.54, 1.807) is 6.20 Å². The number of rotatable bonds is 2. The average molecular weight is 333 g/mol. The fourth-order valence-electron chi connectivity index (χ4n) is 2.80. The molecule has 6 heteroatoms. The number of nitrogens with one attached hydrogen (secondary N) is 1. The number of ether oxygens (including phenoxy) is 1. The summed E-state index contributed by atoms with van der Waals surface area (Å²) < 4.78 is 6.64. The van der Waals surface area contributed by atoms with Gasteiger partial charge in [0.15, 0.2) is 0 Å². The largest absolute Gasteiger partial charge is 0.376 e. The maximum absolute atomic E-state index is 6.18. The number of halogens is 2. The average Bonchev–Trinajstić information content (AvgIpc) is 2.37. The molecule has 2 heterocycles. The fraction of sp³-hybridized carbons (Fsp3) is 0.583. The fourth-order valence-corrected chi connectivity index (χ4v) is 3.49. The van der Waals surface area contributed by atoms with Crippen LogP contribution in [0, 0.1) is 5.92 Å². The monoisotopic (exact) mass is 331 g/mol. The molecule has 0 spiro atoms. The maximum atomic E-state index is 6.18. The van der Waals surface area contributed by atoms with Gasteiger partial charge in [-0.15, -0.1) is 0 Å². The number of pyridine rings is 1. The zero-order valence-electron chi connectivity index (χ0n) is 9.77. The lowest BCUT2D eigenvalue weighted by Gasteiger charge is -2.52. The van der Waals surface area contributed by atoms with Gasteiger partial charge in [0.2, 0.25) is 0 Å². The summed E-state index contributed by atoms with van der Waals surface area (Å²) in [5.41, 5.74) is 6.18. The van der Waals surface area contributed by atoms with Crippen LogP contribution in [0.2, 0.25) is 5.02 Å². The van der Waals surface area contributed by atoms with Crippen LogP contribution in [0.1, 0.15) is 12.8 Å². The molecule has 3 N–H and O–H groups in total. The Balaban J connectivity index is 1.73. The molecular weight excluding hydrogens is 318 g/mol. The van der Waals surface area contributed by atoms with E-state index in [1.165, 1.54) is 0 Å². The Labute approximate surface area is 119 Å². The lowest BCUT2D eigenvalue weighted by molar-refractivity contribution is -0.104. The molecule has 1 saturated heterocycles. The molecule has 0 amide bonds. The van der Waals surface area contributed by atoms with Crippen LogP contribution in [-0.2, 0) is 4.74 Å². The molecule has 2 aliphatic rings. The smallest absolute Gasteiger partial charge is 0.145 e. The van der Waals surface area contributed by atoms with Crippen LogP contribution in [0.5, 0.6) is 0 Å². The van der Waals surface area contributed by atoms with E-state index >= 15 is 0 Å². The number of nitrogens with two attached hydrogens (primary N) is 1. The molecular formula is C12H15BrClN3O. The van der Waals surface area contributed by atoms with Gasteiger partial charge < -0.3 is 15.8 Å². The summed E-state index contributed by atoms with van der Waals surface area (Å²) in [6.07, 6.45) is 4.19. The Morgan fingerprint density at radius 1 is 1.56 bits per heavy atom. The molecule has 0 radical (unpaired) electrons. The zero-order valence-corrected chi connectivity index (χ0v) is 12.1. The Bertz CT molecular complexity index is 459. The number of aromatic nitrogens is 1. The van der Waals surface area contributed by atoms with Gasteiger partial charge in [0.1, 0.15) is 5.82 Å². The van der Waals surface area contributed by atoms with Gasteiger partial charge in [-0.3, -0.25) is 0 Å². The SMILES string of the molecule is NC1C2CCCOC2C1Nc1ncc(Br)cc1Cl. The van der Waals surface area contributed by atoms with E-state index in [0.717, 1.165) is 23.9 Å². The van der Waals surface area contributed by atoms with Crippen LogP contribution in [0.3, 0.4) is 0 Å². The van der Waals surface area contributed by atoms with Gasteiger partial charge >= 0.3 is 0 Å². The molecule has 0 aromatic carbocycles. The van der Waals surface area contributed by atoms with Crippen molar-refractivity contribution in [3.63, 3.8) is 0 Å². The second kappa shape index (κ2) is 4.96. The van der Waals surface area contributed by atoms with Crippen LogP contribution in [-0.4, -0.2) is 29.8 Å². The number of hydrogen-bond acceptors (Lipinski definition) is 4. The van der Waals surface area contributed by atoms with Crippen molar-refractivity contribution in [3.05, 3.63) is 21.8 Å². The van der Waals surface area contributed by atoms with E-state index in [2.05, 4.69) is 26.2 Å². The lowest BCUT2D eigenvalue weighted by atomic mass is 9.68. The normalized spacial score (nSPS) is 34.6. The van der Waals surface area contributed by atoms with Crippen molar-refractivity contribution in [2.24, 2.45) is 11.7 Å². The molecule has 1 aliphatic heterocycles. The lowest BCUT2D eigenvalue weighted by Crippen LogP contribution is -2.69. The van der Waals surface area contributed by atoms with Crippen molar-refractivity contribution < 1.29 is 4.74 Å². The van der Waals surface area contributed by atoms with Crippen molar-refractivity contribution in [2.75, 3.05) is 11.9 Å². The Hall–Kier alpha value is -0.360. The summed E-state index contributed by atoms with van der Waals surface area (Å²) in [6.45, 7) is 0.827. The second-order valence-electron chi connectivity index (χ2n) is 4.87. The molecule has 98 valence electrons. The molecule has 18 heavy (non-hydrogen) atoms. The van der Waals surface area contributed by atoms with Crippen LogP contribution in [0.15, 0.2) is 16.7 Å². The van der Waals surface area contributed by atoms with Crippen molar-refractivity contribution in [2.45, 2.75) is 31.0 Å². The van der Waals surface area contributed by atoms with E-state index in [4.69, 9.17) is 22.1 Å². The first-order valence-corrected chi connectivity index (χ1v) is 7.28.